The molecule has 0 radical (unpaired) electrons. The number of benzene rings is 1. The Balaban J connectivity index is 1.27. The molecule has 9 nitrogen and oxygen atoms in total. The molecule has 2 N–H and O–H groups in total. The van der Waals surface area contributed by atoms with Gasteiger partial charge in [-0.3, -0.25) is 4.79 Å². The first-order valence-corrected chi connectivity index (χ1v) is 11.4. The monoisotopic (exact) mass is 439 g/mol. The molecule has 2 fully saturated rings. The molecule has 5 rings (SSSR count). The van der Waals surface area contributed by atoms with Gasteiger partial charge in [0.05, 0.1) is 25.5 Å². The zero-order valence-corrected chi connectivity index (χ0v) is 18.3. The van der Waals surface area contributed by atoms with Crippen molar-refractivity contribution in [2.75, 3.05) is 38.2 Å². The fourth-order valence-corrected chi connectivity index (χ4v) is 4.93. The van der Waals surface area contributed by atoms with Gasteiger partial charge in [-0.1, -0.05) is 6.42 Å². The van der Waals surface area contributed by atoms with Gasteiger partial charge in [-0.25, -0.2) is 4.98 Å². The number of morpholine rings is 1. The molecule has 0 unspecified atom stereocenters. The summed E-state index contributed by atoms with van der Waals surface area (Å²) in [7, 11) is 0. The second-order valence-electron chi connectivity index (χ2n) is 8.75. The highest BCUT2D eigenvalue weighted by Crippen LogP contribution is 2.40. The van der Waals surface area contributed by atoms with Crippen molar-refractivity contribution in [3.05, 3.63) is 23.4 Å². The van der Waals surface area contributed by atoms with Crippen LogP contribution in [0.2, 0.25) is 0 Å². The van der Waals surface area contributed by atoms with E-state index in [0.29, 0.717) is 62.2 Å². The lowest BCUT2D eigenvalue weighted by molar-refractivity contribution is -0.140. The summed E-state index contributed by atoms with van der Waals surface area (Å²) in [6.07, 6.45) is 4.34. The first-order valence-electron chi connectivity index (χ1n) is 11.4. The van der Waals surface area contributed by atoms with Crippen molar-refractivity contribution in [3.8, 4) is 22.8 Å². The highest BCUT2D eigenvalue weighted by Gasteiger charge is 2.31. The van der Waals surface area contributed by atoms with Crippen LogP contribution in [0, 0.1) is 12.8 Å². The lowest BCUT2D eigenvalue weighted by Gasteiger charge is -2.34. The summed E-state index contributed by atoms with van der Waals surface area (Å²) in [6.45, 7) is 5.06. The van der Waals surface area contributed by atoms with E-state index in [4.69, 9.17) is 9.47 Å². The average molecular weight is 440 g/mol. The van der Waals surface area contributed by atoms with Crippen LogP contribution in [0.3, 0.4) is 0 Å². The maximum atomic E-state index is 12.9. The minimum absolute atomic E-state index is 0.0262. The van der Waals surface area contributed by atoms with Crippen molar-refractivity contribution < 1.29 is 19.4 Å². The Hall–Kier alpha value is -2.94. The lowest BCUT2D eigenvalue weighted by atomic mass is 9.84. The van der Waals surface area contributed by atoms with Gasteiger partial charge in [0.25, 0.3) is 0 Å². The van der Waals surface area contributed by atoms with Crippen LogP contribution in [-0.4, -0.2) is 70.0 Å². The molecule has 2 aromatic rings. The fourth-order valence-electron chi connectivity index (χ4n) is 4.93. The molecular weight excluding hydrogens is 410 g/mol. The van der Waals surface area contributed by atoms with Crippen LogP contribution in [0.4, 0.5) is 5.95 Å². The van der Waals surface area contributed by atoms with Gasteiger partial charge in [0.15, 0.2) is 0 Å². The summed E-state index contributed by atoms with van der Waals surface area (Å²) in [5.74, 6) is 1.64. The number of ether oxygens (including phenoxy) is 2. The molecule has 1 amide bonds. The van der Waals surface area contributed by atoms with E-state index in [9.17, 15) is 9.90 Å². The lowest BCUT2D eigenvalue weighted by Crippen LogP contribution is -2.45. The number of nitrogens with one attached hydrogen (secondary N) is 1. The van der Waals surface area contributed by atoms with Crippen LogP contribution >= 0.6 is 0 Å². The molecule has 3 heterocycles. The van der Waals surface area contributed by atoms with E-state index >= 15 is 0 Å². The molecule has 1 aromatic heterocycles. The van der Waals surface area contributed by atoms with Gasteiger partial charge >= 0.3 is 0 Å². The number of carbonyl (C=O) groups is 1. The second-order valence-corrected chi connectivity index (χ2v) is 8.75. The molecule has 1 saturated carbocycles. The first-order chi connectivity index (χ1) is 15.6. The zero-order valence-electron chi connectivity index (χ0n) is 18.3. The molecule has 2 atom stereocenters. The van der Waals surface area contributed by atoms with Crippen molar-refractivity contribution >= 4 is 11.9 Å². The standard InChI is InChI=1S/C23H29N5O4/c1-14-20(18-5-6-19-17(21(18)29)7-10-32-19)26-27-23(24-14)25-16-4-2-3-15(13-16)22(30)28-8-11-31-12-9-28/h5-6,15-16,29H,2-4,7-13H2,1H3,(H,24,25,27)/t15-,16-/m1/s1. The third kappa shape index (κ3) is 4.09. The number of nitrogens with zero attached hydrogens (tertiary/aromatic N) is 4. The van der Waals surface area contributed by atoms with Crippen molar-refractivity contribution in [1.29, 1.82) is 0 Å². The van der Waals surface area contributed by atoms with Gasteiger partial charge in [0.1, 0.15) is 17.2 Å². The number of phenols is 1. The van der Waals surface area contributed by atoms with Crippen molar-refractivity contribution in [1.82, 2.24) is 20.1 Å². The summed E-state index contributed by atoms with van der Waals surface area (Å²) >= 11 is 0. The van der Waals surface area contributed by atoms with E-state index in [-0.39, 0.29) is 23.6 Å². The summed E-state index contributed by atoms with van der Waals surface area (Å²) < 4.78 is 10.9. The Morgan fingerprint density at radius 2 is 2.03 bits per heavy atom. The smallest absolute Gasteiger partial charge is 0.243 e. The molecular formula is C23H29N5O4. The third-order valence-electron chi connectivity index (χ3n) is 6.64. The van der Waals surface area contributed by atoms with Gasteiger partial charge in [0.2, 0.25) is 11.9 Å². The predicted molar refractivity (Wildman–Crippen MR) is 118 cm³/mol. The van der Waals surface area contributed by atoms with Gasteiger partial charge in [-0.2, -0.15) is 0 Å². The normalized spacial score (nSPS) is 22.8. The largest absolute Gasteiger partial charge is 0.507 e. The number of hydrogen-bond donors (Lipinski definition) is 2. The molecule has 32 heavy (non-hydrogen) atoms. The molecule has 1 aliphatic carbocycles. The molecule has 0 spiro atoms. The molecule has 1 saturated heterocycles. The summed E-state index contributed by atoms with van der Waals surface area (Å²) in [4.78, 5) is 19.4. The molecule has 3 aliphatic rings. The number of aromatic nitrogens is 3. The van der Waals surface area contributed by atoms with Gasteiger partial charge in [-0.15, -0.1) is 10.2 Å². The third-order valence-corrected chi connectivity index (χ3v) is 6.64. The number of carbonyl (C=O) groups excluding carboxylic acids is 1. The zero-order chi connectivity index (χ0) is 22.1. The SMILES string of the molecule is Cc1nc(N[C@@H]2CCC[C@@H](C(=O)N3CCOCC3)C2)nnc1-c1ccc2c(c1O)CCO2. The molecule has 2 aliphatic heterocycles. The number of hydrogen-bond acceptors (Lipinski definition) is 8. The first kappa shape index (κ1) is 20.9. The maximum Gasteiger partial charge on any atom is 0.243 e. The Morgan fingerprint density at radius 1 is 1.19 bits per heavy atom. The molecule has 9 heteroatoms. The average Bonchev–Trinajstić information content (AvgIpc) is 3.30. The number of rotatable bonds is 4. The number of phenolic OH excluding ortho intramolecular Hbond substituents is 1. The van der Waals surface area contributed by atoms with E-state index in [1.165, 1.54) is 0 Å². The van der Waals surface area contributed by atoms with E-state index in [1.807, 2.05) is 17.9 Å². The van der Waals surface area contributed by atoms with Crippen LogP contribution < -0.4 is 10.1 Å². The Morgan fingerprint density at radius 3 is 2.84 bits per heavy atom. The predicted octanol–water partition coefficient (Wildman–Crippen LogP) is 2.32. The number of aryl methyl sites for hydroxylation is 1. The van der Waals surface area contributed by atoms with Crippen molar-refractivity contribution in [2.45, 2.75) is 45.1 Å². The highest BCUT2D eigenvalue weighted by atomic mass is 16.5. The van der Waals surface area contributed by atoms with Crippen LogP contribution in [-0.2, 0) is 16.0 Å². The molecule has 170 valence electrons. The Kier molecular flexibility index (Phi) is 5.82. The van der Waals surface area contributed by atoms with Gasteiger partial charge < -0.3 is 24.8 Å². The van der Waals surface area contributed by atoms with Crippen LogP contribution in [0.25, 0.3) is 11.3 Å². The van der Waals surface area contributed by atoms with Gasteiger partial charge in [-0.05, 0) is 38.3 Å². The highest BCUT2D eigenvalue weighted by molar-refractivity contribution is 5.79. The fraction of sp³-hybridized carbons (Fsp3) is 0.565. The van der Waals surface area contributed by atoms with E-state index in [1.54, 1.807) is 6.07 Å². The summed E-state index contributed by atoms with van der Waals surface area (Å²) in [6, 6.07) is 3.79. The van der Waals surface area contributed by atoms with Crippen LogP contribution in [0.5, 0.6) is 11.5 Å². The summed E-state index contributed by atoms with van der Waals surface area (Å²) in [5, 5.41) is 22.7. The maximum absolute atomic E-state index is 12.9. The second kappa shape index (κ2) is 8.90. The van der Waals surface area contributed by atoms with Crippen LogP contribution in [0.1, 0.15) is 36.9 Å². The number of fused-ring (bicyclic) bond motifs is 1. The van der Waals surface area contributed by atoms with Crippen molar-refractivity contribution in [2.24, 2.45) is 5.92 Å². The van der Waals surface area contributed by atoms with Crippen LogP contribution in [0.15, 0.2) is 12.1 Å². The number of aromatic hydroxyl groups is 1. The molecule has 0 bridgehead atoms. The molecule has 1 aromatic carbocycles. The van der Waals surface area contributed by atoms with E-state index in [0.717, 1.165) is 37.0 Å². The number of amides is 1. The van der Waals surface area contributed by atoms with E-state index < -0.39 is 0 Å². The minimum atomic E-state index is 0.0262. The minimum Gasteiger partial charge on any atom is -0.507 e. The van der Waals surface area contributed by atoms with E-state index in [2.05, 4.69) is 20.5 Å². The quantitative estimate of drug-likeness (QED) is 0.747. The topological polar surface area (TPSA) is 110 Å². The Bertz CT molecular complexity index is 1010. The van der Waals surface area contributed by atoms with Gasteiger partial charge in [0, 0.05) is 42.6 Å². The summed E-state index contributed by atoms with van der Waals surface area (Å²) in [5.41, 5.74) is 2.68. The Labute approximate surface area is 187 Å². The van der Waals surface area contributed by atoms with Crippen molar-refractivity contribution in [3.63, 3.8) is 0 Å². The number of anilines is 1.